The first-order valence-corrected chi connectivity index (χ1v) is 10.5. The van der Waals surface area contributed by atoms with Gasteiger partial charge in [-0.15, -0.1) is 0 Å². The minimum atomic E-state index is -0.0820. The highest BCUT2D eigenvalue weighted by Gasteiger charge is 2.31. The summed E-state index contributed by atoms with van der Waals surface area (Å²) in [6.07, 6.45) is 3.66. The van der Waals surface area contributed by atoms with E-state index >= 15 is 0 Å². The smallest absolute Gasteiger partial charge is 0.227 e. The van der Waals surface area contributed by atoms with E-state index in [9.17, 15) is 4.79 Å². The quantitative estimate of drug-likeness (QED) is 0.478. The second-order valence-electron chi connectivity index (χ2n) is 7.80. The Kier molecular flexibility index (Phi) is 6.29. The maximum absolute atomic E-state index is 13.2. The van der Waals surface area contributed by atoms with Gasteiger partial charge in [-0.3, -0.25) is 4.79 Å². The monoisotopic (exact) mass is 405 g/mol. The molecular weight excluding hydrogens is 378 g/mol. The van der Waals surface area contributed by atoms with Gasteiger partial charge in [0, 0.05) is 11.5 Å². The van der Waals surface area contributed by atoms with E-state index in [0.29, 0.717) is 24.0 Å². The van der Waals surface area contributed by atoms with E-state index in [1.807, 2.05) is 42.5 Å². The molecule has 5 heteroatoms. The van der Waals surface area contributed by atoms with Crippen LogP contribution in [-0.2, 0) is 11.3 Å². The zero-order valence-electron chi connectivity index (χ0n) is 17.5. The van der Waals surface area contributed by atoms with E-state index in [0.717, 1.165) is 42.6 Å². The fraction of sp³-hybridized carbons (Fsp3) is 0.360. The molecular formula is C25H27NO4. The molecule has 1 aromatic heterocycles. The zero-order chi connectivity index (χ0) is 20.9. The van der Waals surface area contributed by atoms with E-state index in [1.165, 1.54) is 0 Å². The van der Waals surface area contributed by atoms with Gasteiger partial charge in [0.1, 0.15) is 17.2 Å². The van der Waals surface area contributed by atoms with Crippen molar-refractivity contribution in [3.05, 3.63) is 71.6 Å². The fourth-order valence-electron chi connectivity index (χ4n) is 4.02. The largest absolute Gasteiger partial charge is 0.497 e. The molecule has 0 N–H and O–H groups in total. The van der Waals surface area contributed by atoms with Gasteiger partial charge in [0.2, 0.25) is 5.89 Å². The van der Waals surface area contributed by atoms with Crippen LogP contribution in [0.2, 0.25) is 0 Å². The van der Waals surface area contributed by atoms with Crippen LogP contribution in [0.25, 0.3) is 11.5 Å². The first-order chi connectivity index (χ1) is 14.6. The number of aryl methyl sites for hydroxylation is 1. The highest BCUT2D eigenvalue weighted by Crippen LogP contribution is 2.32. The molecule has 2 aromatic carbocycles. The van der Waals surface area contributed by atoms with Crippen LogP contribution in [0, 0.1) is 12.8 Å². The molecule has 0 aliphatic heterocycles. The molecule has 0 unspecified atom stereocenters. The summed E-state index contributed by atoms with van der Waals surface area (Å²) in [5, 5.41) is 0. The molecule has 30 heavy (non-hydrogen) atoms. The minimum absolute atomic E-state index is 0.0541. The van der Waals surface area contributed by atoms with Gasteiger partial charge in [-0.25, -0.2) is 4.98 Å². The van der Waals surface area contributed by atoms with Gasteiger partial charge in [0.15, 0.2) is 5.78 Å². The molecule has 0 amide bonds. The molecule has 0 saturated heterocycles. The van der Waals surface area contributed by atoms with Crippen LogP contribution >= 0.6 is 0 Å². The molecule has 3 aromatic rings. The topological polar surface area (TPSA) is 61.6 Å². The normalized spacial score (nSPS) is 18.9. The summed E-state index contributed by atoms with van der Waals surface area (Å²) >= 11 is 0. The number of hydrogen-bond acceptors (Lipinski definition) is 5. The third-order valence-corrected chi connectivity index (χ3v) is 5.67. The van der Waals surface area contributed by atoms with E-state index < -0.39 is 0 Å². The molecule has 0 radical (unpaired) electrons. The van der Waals surface area contributed by atoms with Crippen LogP contribution in [0.5, 0.6) is 5.75 Å². The van der Waals surface area contributed by atoms with Crippen LogP contribution < -0.4 is 4.74 Å². The third-order valence-electron chi connectivity index (χ3n) is 5.67. The lowest BCUT2D eigenvalue weighted by Gasteiger charge is -2.28. The molecule has 156 valence electrons. The number of ether oxygens (including phenoxy) is 2. The van der Waals surface area contributed by atoms with Crippen LogP contribution in [0.1, 0.15) is 47.5 Å². The van der Waals surface area contributed by atoms with Gasteiger partial charge in [0.05, 0.1) is 19.8 Å². The number of carbonyl (C=O) groups is 1. The number of rotatable bonds is 7. The van der Waals surface area contributed by atoms with Crippen LogP contribution in [0.3, 0.4) is 0 Å². The van der Waals surface area contributed by atoms with E-state index in [1.54, 1.807) is 14.0 Å². The van der Waals surface area contributed by atoms with Gasteiger partial charge >= 0.3 is 0 Å². The molecule has 4 rings (SSSR count). The second kappa shape index (κ2) is 9.26. The van der Waals surface area contributed by atoms with Crippen molar-refractivity contribution in [2.75, 3.05) is 7.11 Å². The van der Waals surface area contributed by atoms with Crippen molar-refractivity contribution in [1.82, 2.24) is 4.98 Å². The Labute approximate surface area is 177 Å². The Balaban J connectivity index is 1.44. The highest BCUT2D eigenvalue weighted by atomic mass is 16.5. The Morgan fingerprint density at radius 1 is 1.13 bits per heavy atom. The highest BCUT2D eigenvalue weighted by molar-refractivity contribution is 5.97. The predicted octanol–water partition coefficient (Wildman–Crippen LogP) is 5.62. The number of oxazole rings is 1. The second-order valence-corrected chi connectivity index (χ2v) is 7.80. The summed E-state index contributed by atoms with van der Waals surface area (Å²) in [6, 6.07) is 17.6. The summed E-state index contributed by atoms with van der Waals surface area (Å²) in [5.41, 5.74) is 2.38. The molecule has 1 fully saturated rings. The van der Waals surface area contributed by atoms with Crippen molar-refractivity contribution in [2.45, 2.75) is 45.3 Å². The van der Waals surface area contributed by atoms with Gasteiger partial charge in [-0.2, -0.15) is 0 Å². The lowest BCUT2D eigenvalue weighted by Crippen LogP contribution is -2.28. The number of benzene rings is 2. The summed E-state index contributed by atoms with van der Waals surface area (Å²) in [6.45, 7) is 2.38. The minimum Gasteiger partial charge on any atom is -0.497 e. The average Bonchev–Trinajstić information content (AvgIpc) is 3.19. The summed E-state index contributed by atoms with van der Waals surface area (Å²) in [7, 11) is 1.62. The maximum atomic E-state index is 13.2. The first-order valence-electron chi connectivity index (χ1n) is 10.5. The summed E-state index contributed by atoms with van der Waals surface area (Å²) in [4.78, 5) is 17.7. The molecule has 0 spiro atoms. The number of Topliss-reactive ketones (excluding diaryl/α,β-unsaturated/α-hetero) is 1. The Morgan fingerprint density at radius 2 is 1.97 bits per heavy atom. The lowest BCUT2D eigenvalue weighted by atomic mass is 9.83. The first kappa shape index (κ1) is 20.4. The molecule has 1 aliphatic rings. The summed E-state index contributed by atoms with van der Waals surface area (Å²) < 4.78 is 17.2. The number of ketones is 1. The average molecular weight is 405 g/mol. The van der Waals surface area contributed by atoms with E-state index in [2.05, 4.69) is 17.1 Å². The van der Waals surface area contributed by atoms with Crippen molar-refractivity contribution in [1.29, 1.82) is 0 Å². The zero-order valence-corrected chi connectivity index (χ0v) is 17.5. The van der Waals surface area contributed by atoms with Gasteiger partial charge < -0.3 is 13.9 Å². The Hall–Kier alpha value is -2.92. The standard InChI is InChI=1S/C25H27NO4/c1-17-23(26-25(30-17)20-11-7-12-21(15-20)28-2)24(27)19-10-6-13-22(14-19)29-16-18-8-4-3-5-9-18/h3-5,7-9,11-12,15,19,22H,6,10,13-14,16H2,1-2H3/t19-,22+/m0/s1. The number of methoxy groups -OCH3 is 1. The number of aromatic nitrogens is 1. The third kappa shape index (κ3) is 4.62. The number of hydrogen-bond donors (Lipinski definition) is 0. The van der Waals surface area contributed by atoms with Gasteiger partial charge in [-0.05, 0) is 49.9 Å². The van der Waals surface area contributed by atoms with Crippen LogP contribution in [0.4, 0.5) is 0 Å². The van der Waals surface area contributed by atoms with Crippen molar-refractivity contribution in [2.24, 2.45) is 5.92 Å². The van der Waals surface area contributed by atoms with Gasteiger partial charge in [0.25, 0.3) is 0 Å². The van der Waals surface area contributed by atoms with Crippen LogP contribution in [-0.4, -0.2) is 24.0 Å². The molecule has 0 bridgehead atoms. The number of carbonyl (C=O) groups excluding carboxylic acids is 1. The van der Waals surface area contributed by atoms with Crippen molar-refractivity contribution in [3.63, 3.8) is 0 Å². The van der Waals surface area contributed by atoms with Gasteiger partial charge in [-0.1, -0.05) is 42.8 Å². The maximum Gasteiger partial charge on any atom is 0.227 e. The lowest BCUT2D eigenvalue weighted by molar-refractivity contribution is 0.00371. The molecule has 5 nitrogen and oxygen atoms in total. The molecule has 1 aliphatic carbocycles. The fourth-order valence-corrected chi connectivity index (χ4v) is 4.02. The van der Waals surface area contributed by atoms with Crippen molar-refractivity contribution >= 4 is 5.78 Å². The van der Waals surface area contributed by atoms with Crippen molar-refractivity contribution in [3.8, 4) is 17.2 Å². The number of nitrogens with zero attached hydrogens (tertiary/aromatic N) is 1. The SMILES string of the molecule is COc1cccc(-c2nc(C(=O)[C@H]3CCC[C@@H](OCc4ccccc4)C3)c(C)o2)c1. The Bertz CT molecular complexity index is 995. The van der Waals surface area contributed by atoms with Crippen molar-refractivity contribution < 1.29 is 18.7 Å². The Morgan fingerprint density at radius 3 is 2.77 bits per heavy atom. The van der Waals surface area contributed by atoms with E-state index in [-0.39, 0.29) is 17.8 Å². The molecule has 2 atom stereocenters. The molecule has 1 heterocycles. The summed E-state index contributed by atoms with van der Waals surface area (Å²) in [5.74, 6) is 1.70. The molecule has 1 saturated carbocycles. The van der Waals surface area contributed by atoms with Crippen LogP contribution in [0.15, 0.2) is 59.0 Å². The predicted molar refractivity (Wildman–Crippen MR) is 115 cm³/mol. The van der Waals surface area contributed by atoms with E-state index in [4.69, 9.17) is 13.9 Å².